The van der Waals surface area contributed by atoms with Gasteiger partial charge in [-0.05, 0) is 6.07 Å². The molecule has 5 nitrogen and oxygen atoms in total. The number of carbonyl (C=O) groups is 1. The first kappa shape index (κ1) is 16.5. The molecular weight excluding hydrogens is 303 g/mol. The Balaban J connectivity index is 1.76. The number of carbonyl (C=O) groups excluding carboxylic acids is 1. The summed E-state index contributed by atoms with van der Waals surface area (Å²) in [5, 5.41) is 0. The van der Waals surface area contributed by atoms with Gasteiger partial charge in [0.2, 0.25) is 0 Å². The molecule has 22 heavy (non-hydrogen) atoms. The number of hydrogen-bond acceptors (Lipinski definition) is 5. The highest BCUT2D eigenvalue weighted by atomic mass is 19.4. The van der Waals surface area contributed by atoms with Crippen molar-refractivity contribution in [2.24, 2.45) is 0 Å². The largest absolute Gasteiger partial charge is 0.490 e. The van der Waals surface area contributed by atoms with Crippen LogP contribution >= 0.6 is 0 Å². The molecule has 0 aliphatic heterocycles. The molecule has 0 radical (unpaired) electrons. The molecule has 0 spiro atoms. The lowest BCUT2D eigenvalue weighted by molar-refractivity contribution is -0.199. The van der Waals surface area contributed by atoms with Crippen molar-refractivity contribution in [1.82, 2.24) is 4.98 Å². The Kier molecular flexibility index (Phi) is 5.23. The van der Waals surface area contributed by atoms with Gasteiger partial charge in [0.05, 0.1) is 25.3 Å². The molecule has 0 saturated heterocycles. The topological polar surface area (TPSA) is 57.7 Å². The molecule has 1 fully saturated rings. The zero-order valence-electron chi connectivity index (χ0n) is 11.9. The average Bonchev–Trinajstić information content (AvgIpc) is 2.40. The fraction of sp³-hybridized carbons (Fsp3) is 0.571. The minimum absolute atomic E-state index is 0.0374. The second kappa shape index (κ2) is 6.95. The van der Waals surface area contributed by atoms with E-state index >= 15 is 0 Å². The van der Waals surface area contributed by atoms with E-state index in [1.165, 1.54) is 13.3 Å². The van der Waals surface area contributed by atoms with Crippen molar-refractivity contribution in [2.75, 3.05) is 13.7 Å². The first-order valence-electron chi connectivity index (χ1n) is 6.72. The SMILES string of the molecule is COC(=O)Cc1cc(OC2CC(OCC(F)(F)F)C2)ccn1. The van der Waals surface area contributed by atoms with E-state index in [4.69, 9.17) is 9.47 Å². The van der Waals surface area contributed by atoms with Gasteiger partial charge in [-0.1, -0.05) is 0 Å². The zero-order chi connectivity index (χ0) is 16.2. The molecule has 1 aliphatic carbocycles. The number of nitrogens with zero attached hydrogens (tertiary/aromatic N) is 1. The van der Waals surface area contributed by atoms with Crippen molar-refractivity contribution < 1.29 is 32.2 Å². The lowest BCUT2D eigenvalue weighted by atomic mass is 9.92. The molecular formula is C14H16F3NO4. The van der Waals surface area contributed by atoms with Crippen LogP contribution in [0.2, 0.25) is 0 Å². The van der Waals surface area contributed by atoms with Crippen LogP contribution in [0.4, 0.5) is 13.2 Å². The minimum Gasteiger partial charge on any atom is -0.490 e. The number of aromatic nitrogens is 1. The highest BCUT2D eigenvalue weighted by Gasteiger charge is 2.36. The molecule has 1 heterocycles. The van der Waals surface area contributed by atoms with Crippen LogP contribution in [0.15, 0.2) is 18.3 Å². The first-order chi connectivity index (χ1) is 10.4. The van der Waals surface area contributed by atoms with Crippen molar-refractivity contribution in [2.45, 2.75) is 37.6 Å². The third-order valence-electron chi connectivity index (χ3n) is 3.18. The van der Waals surface area contributed by atoms with Gasteiger partial charge in [-0.15, -0.1) is 0 Å². The van der Waals surface area contributed by atoms with Crippen LogP contribution in [0.25, 0.3) is 0 Å². The molecule has 1 aromatic rings. The predicted octanol–water partition coefficient (Wildman–Crippen LogP) is 2.29. The molecule has 1 aliphatic rings. The smallest absolute Gasteiger partial charge is 0.411 e. The van der Waals surface area contributed by atoms with E-state index in [1.807, 2.05) is 0 Å². The quantitative estimate of drug-likeness (QED) is 0.753. The molecule has 1 saturated carbocycles. The van der Waals surface area contributed by atoms with Crippen molar-refractivity contribution >= 4 is 5.97 Å². The van der Waals surface area contributed by atoms with Crippen LogP contribution in [0.3, 0.4) is 0 Å². The Morgan fingerprint density at radius 3 is 2.73 bits per heavy atom. The first-order valence-corrected chi connectivity index (χ1v) is 6.72. The lowest BCUT2D eigenvalue weighted by Crippen LogP contribution is -2.41. The monoisotopic (exact) mass is 319 g/mol. The Labute approximate surface area is 125 Å². The highest BCUT2D eigenvalue weighted by Crippen LogP contribution is 2.30. The van der Waals surface area contributed by atoms with Gasteiger partial charge in [0.25, 0.3) is 0 Å². The maximum absolute atomic E-state index is 12.0. The molecule has 0 aromatic carbocycles. The molecule has 0 bridgehead atoms. The van der Waals surface area contributed by atoms with Crippen LogP contribution in [0, 0.1) is 0 Å². The fourth-order valence-electron chi connectivity index (χ4n) is 2.00. The molecule has 0 atom stereocenters. The summed E-state index contributed by atoms with van der Waals surface area (Å²) in [6.45, 7) is -1.23. The van der Waals surface area contributed by atoms with E-state index in [2.05, 4.69) is 9.72 Å². The maximum atomic E-state index is 12.0. The van der Waals surface area contributed by atoms with E-state index in [-0.39, 0.29) is 12.5 Å². The van der Waals surface area contributed by atoms with Crippen LogP contribution in [-0.4, -0.2) is 43.1 Å². The molecule has 1 aromatic heterocycles. The average molecular weight is 319 g/mol. The minimum atomic E-state index is -4.31. The highest BCUT2D eigenvalue weighted by molar-refractivity contribution is 5.71. The van der Waals surface area contributed by atoms with Crippen LogP contribution in [0.1, 0.15) is 18.5 Å². The summed E-state index contributed by atoms with van der Waals surface area (Å²) in [7, 11) is 1.29. The van der Waals surface area contributed by atoms with Crippen LogP contribution in [0.5, 0.6) is 5.75 Å². The third-order valence-corrected chi connectivity index (χ3v) is 3.18. The van der Waals surface area contributed by atoms with Gasteiger partial charge in [-0.3, -0.25) is 9.78 Å². The number of hydrogen-bond donors (Lipinski definition) is 0. The number of pyridine rings is 1. The van der Waals surface area contributed by atoms with Crippen molar-refractivity contribution in [3.63, 3.8) is 0 Å². The lowest BCUT2D eigenvalue weighted by Gasteiger charge is -2.35. The molecule has 0 N–H and O–H groups in total. The van der Waals surface area contributed by atoms with Crippen molar-refractivity contribution in [3.8, 4) is 5.75 Å². The van der Waals surface area contributed by atoms with E-state index < -0.39 is 24.9 Å². The summed E-state index contributed by atoms with van der Waals surface area (Å²) in [6.07, 6.45) is -2.57. The molecule has 122 valence electrons. The van der Waals surface area contributed by atoms with Gasteiger partial charge in [0.1, 0.15) is 18.5 Å². The number of ether oxygens (including phenoxy) is 3. The molecule has 0 amide bonds. The number of methoxy groups -OCH3 is 1. The molecule has 0 unspecified atom stereocenters. The van der Waals surface area contributed by atoms with E-state index in [0.717, 1.165) is 0 Å². The van der Waals surface area contributed by atoms with Crippen LogP contribution in [-0.2, 0) is 20.7 Å². The van der Waals surface area contributed by atoms with E-state index in [9.17, 15) is 18.0 Å². The van der Waals surface area contributed by atoms with Crippen molar-refractivity contribution in [3.05, 3.63) is 24.0 Å². The van der Waals surface area contributed by atoms with Gasteiger partial charge in [-0.2, -0.15) is 13.2 Å². The normalized spacial score (nSPS) is 21.1. The second-order valence-electron chi connectivity index (χ2n) is 5.00. The van der Waals surface area contributed by atoms with E-state index in [1.54, 1.807) is 12.1 Å². The summed E-state index contributed by atoms with van der Waals surface area (Å²) in [5.41, 5.74) is 0.508. The Hall–Kier alpha value is -1.83. The predicted molar refractivity (Wildman–Crippen MR) is 69.4 cm³/mol. The molecule has 8 heteroatoms. The molecule has 2 rings (SSSR count). The summed E-state index contributed by atoms with van der Waals surface area (Å²) < 4.78 is 50.9. The van der Waals surface area contributed by atoms with Gasteiger partial charge < -0.3 is 14.2 Å². The Morgan fingerprint density at radius 2 is 2.09 bits per heavy atom. The standard InChI is InChI=1S/C14H16F3NO4/c1-20-13(19)5-9-4-10(2-3-18-9)22-12-6-11(7-12)21-8-14(15,16)17/h2-4,11-12H,5-8H2,1H3. The Morgan fingerprint density at radius 1 is 1.36 bits per heavy atom. The fourth-order valence-corrected chi connectivity index (χ4v) is 2.00. The van der Waals surface area contributed by atoms with Crippen molar-refractivity contribution in [1.29, 1.82) is 0 Å². The number of alkyl halides is 3. The number of esters is 1. The summed E-state index contributed by atoms with van der Waals surface area (Å²) >= 11 is 0. The zero-order valence-corrected chi connectivity index (χ0v) is 11.9. The van der Waals surface area contributed by atoms with Gasteiger partial charge in [0, 0.05) is 25.1 Å². The Bertz CT molecular complexity index is 515. The summed E-state index contributed by atoms with van der Waals surface area (Å²) in [4.78, 5) is 15.2. The summed E-state index contributed by atoms with van der Waals surface area (Å²) in [5.74, 6) is 0.113. The number of halogens is 3. The second-order valence-corrected chi connectivity index (χ2v) is 5.00. The van der Waals surface area contributed by atoms with Crippen LogP contribution < -0.4 is 4.74 Å². The third kappa shape index (κ3) is 5.18. The summed E-state index contributed by atoms with van der Waals surface area (Å²) in [6, 6.07) is 3.24. The van der Waals surface area contributed by atoms with Gasteiger partial charge >= 0.3 is 12.1 Å². The maximum Gasteiger partial charge on any atom is 0.411 e. The number of rotatable bonds is 6. The van der Waals surface area contributed by atoms with E-state index in [0.29, 0.717) is 24.3 Å². The van der Waals surface area contributed by atoms with Gasteiger partial charge in [0.15, 0.2) is 0 Å². The van der Waals surface area contributed by atoms with Gasteiger partial charge in [-0.25, -0.2) is 0 Å².